The minimum atomic E-state index is -0.644. The average Bonchev–Trinajstić information content (AvgIpc) is 3.19. The molecule has 29 heavy (non-hydrogen) atoms. The summed E-state index contributed by atoms with van der Waals surface area (Å²) in [5, 5.41) is 20.3. The second-order valence-electron chi connectivity index (χ2n) is 6.06. The summed E-state index contributed by atoms with van der Waals surface area (Å²) in [6.45, 7) is 0.265. The molecule has 0 aliphatic rings. The third kappa shape index (κ3) is 5.39. The zero-order chi connectivity index (χ0) is 20.8. The van der Waals surface area contributed by atoms with Gasteiger partial charge in [-0.3, -0.25) is 24.4 Å². The van der Waals surface area contributed by atoms with Crippen molar-refractivity contribution in [3.8, 4) is 0 Å². The molecular formula is C19H16ClN5O4. The second kappa shape index (κ2) is 8.98. The van der Waals surface area contributed by atoms with E-state index in [1.54, 1.807) is 42.7 Å². The Hall–Kier alpha value is -3.72. The largest absolute Gasteiger partial charge is 0.348 e. The van der Waals surface area contributed by atoms with Crippen LogP contribution in [-0.4, -0.2) is 26.5 Å². The van der Waals surface area contributed by atoms with Gasteiger partial charge in [-0.25, -0.2) is 0 Å². The normalized spacial score (nSPS) is 10.4. The number of nitro groups is 1. The summed E-state index contributed by atoms with van der Waals surface area (Å²) in [7, 11) is 0. The monoisotopic (exact) mass is 413 g/mol. The fraction of sp³-hybridized carbons (Fsp3) is 0.105. The highest BCUT2D eigenvalue weighted by atomic mass is 35.5. The highest BCUT2D eigenvalue weighted by molar-refractivity contribution is 6.32. The molecule has 0 atom stereocenters. The molecule has 2 aromatic carbocycles. The lowest BCUT2D eigenvalue weighted by molar-refractivity contribution is -0.384. The number of carbonyl (C=O) groups is 2. The van der Waals surface area contributed by atoms with Crippen molar-refractivity contribution in [1.29, 1.82) is 0 Å². The maximum Gasteiger partial charge on any atom is 0.288 e. The first-order valence-electron chi connectivity index (χ1n) is 8.51. The van der Waals surface area contributed by atoms with Crippen molar-refractivity contribution in [3.63, 3.8) is 0 Å². The van der Waals surface area contributed by atoms with Crippen LogP contribution >= 0.6 is 11.6 Å². The molecule has 0 fully saturated rings. The predicted molar refractivity (Wildman–Crippen MR) is 107 cm³/mol. The van der Waals surface area contributed by atoms with Gasteiger partial charge >= 0.3 is 0 Å². The van der Waals surface area contributed by atoms with E-state index in [-0.39, 0.29) is 35.3 Å². The Morgan fingerprint density at radius 2 is 2.00 bits per heavy atom. The van der Waals surface area contributed by atoms with E-state index in [4.69, 9.17) is 11.6 Å². The number of hydrogen-bond donors (Lipinski definition) is 2. The average molecular weight is 414 g/mol. The summed E-state index contributed by atoms with van der Waals surface area (Å²) in [6.07, 6.45) is 3.28. The fourth-order valence-electron chi connectivity index (χ4n) is 2.58. The number of nitro benzene ring substituents is 1. The molecule has 148 valence electrons. The molecule has 0 aliphatic heterocycles. The molecule has 0 bridgehead atoms. The van der Waals surface area contributed by atoms with Gasteiger partial charge in [0.25, 0.3) is 11.6 Å². The van der Waals surface area contributed by atoms with Gasteiger partial charge < -0.3 is 10.6 Å². The maximum atomic E-state index is 12.3. The van der Waals surface area contributed by atoms with E-state index in [0.29, 0.717) is 5.69 Å². The quantitative estimate of drug-likeness (QED) is 0.455. The Morgan fingerprint density at radius 1 is 1.17 bits per heavy atom. The number of amides is 2. The van der Waals surface area contributed by atoms with Crippen LogP contribution in [0.3, 0.4) is 0 Å². The molecule has 3 rings (SSSR count). The Labute approximate surface area is 170 Å². The van der Waals surface area contributed by atoms with E-state index in [9.17, 15) is 19.7 Å². The van der Waals surface area contributed by atoms with Crippen LogP contribution in [0.25, 0.3) is 0 Å². The van der Waals surface area contributed by atoms with Crippen molar-refractivity contribution in [2.45, 2.75) is 13.1 Å². The molecule has 2 N–H and O–H groups in total. The first kappa shape index (κ1) is 20.0. The molecule has 3 aromatic rings. The summed E-state index contributed by atoms with van der Waals surface area (Å²) >= 11 is 5.76. The van der Waals surface area contributed by atoms with Gasteiger partial charge in [0.2, 0.25) is 5.91 Å². The highest BCUT2D eigenvalue weighted by Crippen LogP contribution is 2.25. The lowest BCUT2D eigenvalue weighted by Gasteiger charge is -2.09. The molecule has 0 saturated heterocycles. The second-order valence-corrected chi connectivity index (χ2v) is 6.47. The zero-order valence-electron chi connectivity index (χ0n) is 15.0. The molecule has 10 heteroatoms. The first-order valence-corrected chi connectivity index (χ1v) is 8.88. The van der Waals surface area contributed by atoms with Crippen molar-refractivity contribution >= 4 is 34.8 Å². The van der Waals surface area contributed by atoms with Gasteiger partial charge in [0.1, 0.15) is 11.6 Å². The standard InChI is InChI=1S/C19H16ClN5O4/c20-16-6-5-14(10-17(16)25(28)29)19(27)21-11-13-3-1-4-15(9-13)23-18(26)12-24-8-2-7-22-24/h1-10H,11-12H2,(H,21,27)(H,23,26). The van der Waals surface area contributed by atoms with E-state index < -0.39 is 10.8 Å². The van der Waals surface area contributed by atoms with E-state index >= 15 is 0 Å². The van der Waals surface area contributed by atoms with Crippen LogP contribution in [0.5, 0.6) is 0 Å². The number of hydrogen-bond acceptors (Lipinski definition) is 5. The molecule has 2 amide bonds. The van der Waals surface area contributed by atoms with Crippen LogP contribution in [0.15, 0.2) is 60.9 Å². The number of rotatable bonds is 7. The minimum absolute atomic E-state index is 0.0369. The number of benzene rings is 2. The van der Waals surface area contributed by atoms with E-state index in [0.717, 1.165) is 11.6 Å². The first-order chi connectivity index (χ1) is 13.9. The van der Waals surface area contributed by atoms with Crippen molar-refractivity contribution in [2.24, 2.45) is 0 Å². The summed E-state index contributed by atoms with van der Waals surface area (Å²) in [5.41, 5.74) is 1.13. The van der Waals surface area contributed by atoms with Crippen molar-refractivity contribution in [2.75, 3.05) is 5.32 Å². The molecule has 1 aromatic heterocycles. The van der Waals surface area contributed by atoms with Crippen molar-refractivity contribution < 1.29 is 14.5 Å². The van der Waals surface area contributed by atoms with E-state index in [1.807, 2.05) is 0 Å². The Balaban J connectivity index is 1.60. The van der Waals surface area contributed by atoms with Gasteiger partial charge in [-0.05, 0) is 35.9 Å². The topological polar surface area (TPSA) is 119 Å². The zero-order valence-corrected chi connectivity index (χ0v) is 15.8. The van der Waals surface area contributed by atoms with E-state index in [1.165, 1.54) is 16.8 Å². The van der Waals surface area contributed by atoms with Crippen LogP contribution in [0.4, 0.5) is 11.4 Å². The number of carbonyl (C=O) groups excluding carboxylic acids is 2. The molecule has 9 nitrogen and oxygen atoms in total. The van der Waals surface area contributed by atoms with Crippen molar-refractivity contribution in [3.05, 3.63) is 87.2 Å². The predicted octanol–water partition coefficient (Wildman–Crippen LogP) is 3.01. The van der Waals surface area contributed by atoms with Crippen LogP contribution in [0.1, 0.15) is 15.9 Å². The van der Waals surface area contributed by atoms with Gasteiger partial charge in [-0.2, -0.15) is 5.10 Å². The molecule has 0 radical (unpaired) electrons. The Bertz CT molecular complexity index is 1050. The number of nitrogens with zero attached hydrogens (tertiary/aromatic N) is 3. The maximum absolute atomic E-state index is 12.3. The molecule has 0 spiro atoms. The molecule has 0 saturated carbocycles. The fourth-order valence-corrected chi connectivity index (χ4v) is 2.77. The highest BCUT2D eigenvalue weighted by Gasteiger charge is 2.16. The number of aromatic nitrogens is 2. The van der Waals surface area contributed by atoms with Crippen LogP contribution < -0.4 is 10.6 Å². The Kier molecular flexibility index (Phi) is 6.20. The SMILES string of the molecule is O=C(Cn1cccn1)Nc1cccc(CNC(=O)c2ccc(Cl)c([N+](=O)[O-])c2)c1. The molecule has 0 unspecified atom stereocenters. The summed E-state index contributed by atoms with van der Waals surface area (Å²) in [5.74, 6) is -0.707. The summed E-state index contributed by atoms with van der Waals surface area (Å²) < 4.78 is 1.50. The number of nitrogens with one attached hydrogen (secondary N) is 2. The third-order valence-electron chi connectivity index (χ3n) is 3.93. The van der Waals surface area contributed by atoms with Crippen molar-refractivity contribution in [1.82, 2.24) is 15.1 Å². The summed E-state index contributed by atoms with van der Waals surface area (Å²) in [6, 6.07) is 12.6. The summed E-state index contributed by atoms with van der Waals surface area (Å²) in [4.78, 5) is 34.6. The molecule has 0 aliphatic carbocycles. The van der Waals surface area contributed by atoms with Crippen LogP contribution in [0, 0.1) is 10.1 Å². The van der Waals surface area contributed by atoms with Gasteiger partial charge in [-0.15, -0.1) is 0 Å². The van der Waals surface area contributed by atoms with Gasteiger partial charge in [0.05, 0.1) is 4.92 Å². The minimum Gasteiger partial charge on any atom is -0.348 e. The van der Waals surface area contributed by atoms with Gasteiger partial charge in [0, 0.05) is 36.3 Å². The lowest BCUT2D eigenvalue weighted by Crippen LogP contribution is -2.23. The van der Waals surface area contributed by atoms with Crippen LogP contribution in [0.2, 0.25) is 5.02 Å². The van der Waals surface area contributed by atoms with E-state index in [2.05, 4.69) is 15.7 Å². The Morgan fingerprint density at radius 3 is 2.72 bits per heavy atom. The third-order valence-corrected chi connectivity index (χ3v) is 4.25. The lowest BCUT2D eigenvalue weighted by atomic mass is 10.1. The molecular weight excluding hydrogens is 398 g/mol. The van der Waals surface area contributed by atoms with Crippen LogP contribution in [-0.2, 0) is 17.9 Å². The van der Waals surface area contributed by atoms with Gasteiger partial charge in [0.15, 0.2) is 0 Å². The smallest absolute Gasteiger partial charge is 0.288 e. The molecule has 1 heterocycles. The number of anilines is 1. The number of halogens is 1. The van der Waals surface area contributed by atoms with Gasteiger partial charge in [-0.1, -0.05) is 23.7 Å².